The molecule has 0 heterocycles. The van der Waals surface area contributed by atoms with Crippen LogP contribution in [0.5, 0.6) is 0 Å². The van der Waals surface area contributed by atoms with Crippen LogP contribution in [0, 0.1) is 0 Å². The second-order valence-corrected chi connectivity index (χ2v) is 2.81. The molecule has 0 radical (unpaired) electrons. The van der Waals surface area contributed by atoms with Crippen molar-refractivity contribution in [2.24, 2.45) is 4.40 Å². The molecule has 13 heavy (non-hydrogen) atoms. The van der Waals surface area contributed by atoms with Crippen molar-refractivity contribution in [3.63, 3.8) is 0 Å². The van der Waals surface area contributed by atoms with Crippen LogP contribution in [0.1, 0.15) is 0 Å². The minimum atomic E-state index is -4.67. The Bertz CT molecular complexity index is 352. The first-order valence-corrected chi connectivity index (χ1v) is 3.93. The van der Waals surface area contributed by atoms with Crippen molar-refractivity contribution in [2.45, 2.75) is 0 Å². The van der Waals surface area contributed by atoms with Gasteiger partial charge in [-0.15, -0.1) is 0 Å². The predicted molar refractivity (Wildman–Crippen MR) is 33.3 cm³/mol. The van der Waals surface area contributed by atoms with E-state index >= 15 is 0 Å². The van der Waals surface area contributed by atoms with E-state index in [9.17, 15) is 26.4 Å². The highest BCUT2D eigenvalue weighted by Crippen LogP contribution is 2.10. The molecule has 0 aliphatic carbocycles. The summed E-state index contributed by atoms with van der Waals surface area (Å²) in [7, 11) is -4.67. The van der Waals surface area contributed by atoms with Gasteiger partial charge in [-0.1, -0.05) is 4.40 Å². The minimum absolute atomic E-state index is 0.597. The van der Waals surface area contributed by atoms with Crippen LogP contribution in [0.2, 0.25) is 0 Å². The Balaban J connectivity index is 4.36. The second kappa shape index (κ2) is 4.75. The van der Waals surface area contributed by atoms with E-state index in [4.69, 9.17) is 0 Å². The smallest absolute Gasteiger partial charge is 0.244 e. The SMILES string of the molecule is O=C=NS(=O)(=O)OCC(F)=C(F)F. The third-order valence-electron chi connectivity index (χ3n) is 0.689. The number of hydrogen-bond donors (Lipinski definition) is 0. The fourth-order valence-corrected chi connectivity index (χ4v) is 0.649. The molecular formula is C4H2F3NO4S. The third-order valence-corrected chi connectivity index (χ3v) is 1.40. The van der Waals surface area contributed by atoms with Crippen LogP contribution < -0.4 is 0 Å². The maximum atomic E-state index is 11.9. The summed E-state index contributed by atoms with van der Waals surface area (Å²) in [6.07, 6.45) is -2.11. The molecule has 0 aromatic rings. The largest absolute Gasteiger partial charge is 0.391 e. The lowest BCUT2D eigenvalue weighted by Crippen LogP contribution is -2.04. The summed E-state index contributed by atoms with van der Waals surface area (Å²) in [5, 5.41) is 0. The van der Waals surface area contributed by atoms with Gasteiger partial charge in [0.1, 0.15) is 6.61 Å². The fraction of sp³-hybridized carbons (Fsp3) is 0.250. The summed E-state index contributed by atoms with van der Waals surface area (Å²) in [5.41, 5.74) is 0. The van der Waals surface area contributed by atoms with E-state index in [2.05, 4.69) is 8.58 Å². The highest BCUT2D eigenvalue weighted by Gasteiger charge is 2.13. The molecule has 0 atom stereocenters. The van der Waals surface area contributed by atoms with Gasteiger partial charge in [-0.3, -0.25) is 0 Å². The van der Waals surface area contributed by atoms with Crippen molar-refractivity contribution < 1.29 is 30.6 Å². The lowest BCUT2D eigenvalue weighted by Gasteiger charge is -1.95. The Kier molecular flexibility index (Phi) is 4.32. The second-order valence-electron chi connectivity index (χ2n) is 1.54. The molecule has 0 saturated carbocycles. The maximum absolute atomic E-state index is 11.9. The van der Waals surface area contributed by atoms with Gasteiger partial charge in [0.15, 0.2) is 5.83 Å². The Hall–Kier alpha value is -1.18. The summed E-state index contributed by atoms with van der Waals surface area (Å²) in [5.74, 6) is -2.05. The average Bonchev–Trinajstić information content (AvgIpc) is 2.00. The molecule has 0 aliphatic heterocycles. The first kappa shape index (κ1) is 11.8. The standard InChI is InChI=1S/C4H2F3NO4S/c5-3(4(6)7)1-12-13(10,11)8-2-9/h1H2. The zero-order valence-corrected chi connectivity index (χ0v) is 6.65. The molecule has 0 aromatic carbocycles. The van der Waals surface area contributed by atoms with Gasteiger partial charge in [0, 0.05) is 0 Å². The van der Waals surface area contributed by atoms with Crippen LogP contribution in [0.15, 0.2) is 16.3 Å². The van der Waals surface area contributed by atoms with Crippen molar-refractivity contribution in [1.29, 1.82) is 0 Å². The summed E-state index contributed by atoms with van der Waals surface area (Å²) in [6, 6.07) is 0. The summed E-state index contributed by atoms with van der Waals surface area (Å²) in [6.45, 7) is -1.50. The topological polar surface area (TPSA) is 72.8 Å². The number of isocyanates is 1. The number of halogens is 3. The van der Waals surface area contributed by atoms with E-state index in [1.54, 1.807) is 0 Å². The summed E-state index contributed by atoms with van der Waals surface area (Å²) < 4.78 is 60.7. The summed E-state index contributed by atoms with van der Waals surface area (Å²) in [4.78, 5) is 9.39. The van der Waals surface area contributed by atoms with E-state index in [1.165, 1.54) is 0 Å². The van der Waals surface area contributed by atoms with Crippen LogP contribution in [-0.4, -0.2) is 21.1 Å². The number of rotatable bonds is 4. The quantitative estimate of drug-likeness (QED) is 0.512. The lowest BCUT2D eigenvalue weighted by atomic mass is 10.6. The zero-order valence-electron chi connectivity index (χ0n) is 5.83. The van der Waals surface area contributed by atoms with Crippen LogP contribution in [-0.2, 0) is 19.3 Å². The van der Waals surface area contributed by atoms with Crippen molar-refractivity contribution in [3.8, 4) is 0 Å². The van der Waals surface area contributed by atoms with Gasteiger partial charge in [0.05, 0.1) is 0 Å². The monoisotopic (exact) mass is 217 g/mol. The van der Waals surface area contributed by atoms with Gasteiger partial charge >= 0.3 is 16.4 Å². The molecule has 0 unspecified atom stereocenters. The molecule has 0 fully saturated rings. The Morgan fingerprint density at radius 2 is 1.92 bits per heavy atom. The maximum Gasteiger partial charge on any atom is 0.391 e. The van der Waals surface area contributed by atoms with Gasteiger partial charge in [0.2, 0.25) is 0 Å². The molecule has 5 nitrogen and oxygen atoms in total. The molecule has 0 aromatic heterocycles. The Labute approximate surface area is 70.8 Å². The van der Waals surface area contributed by atoms with E-state index in [0.717, 1.165) is 0 Å². The molecule has 0 amide bonds. The molecule has 0 rings (SSSR count). The molecule has 0 spiro atoms. The molecular weight excluding hydrogens is 215 g/mol. The van der Waals surface area contributed by atoms with E-state index < -0.39 is 28.8 Å². The highest BCUT2D eigenvalue weighted by molar-refractivity contribution is 7.85. The first-order valence-electron chi connectivity index (χ1n) is 2.57. The number of carbonyl (C=O) groups excluding carboxylic acids is 1. The van der Waals surface area contributed by atoms with Gasteiger partial charge < -0.3 is 0 Å². The van der Waals surface area contributed by atoms with Crippen molar-refractivity contribution >= 4 is 16.4 Å². The van der Waals surface area contributed by atoms with Crippen molar-refractivity contribution in [1.82, 2.24) is 0 Å². The van der Waals surface area contributed by atoms with Gasteiger partial charge in [0.25, 0.3) is 6.08 Å². The fourth-order valence-electron chi connectivity index (χ4n) is 0.253. The van der Waals surface area contributed by atoms with Gasteiger partial charge in [-0.2, -0.15) is 17.2 Å². The van der Waals surface area contributed by atoms with E-state index in [0.29, 0.717) is 6.08 Å². The third kappa shape index (κ3) is 5.12. The van der Waals surface area contributed by atoms with E-state index in [1.807, 2.05) is 0 Å². The predicted octanol–water partition coefficient (Wildman–Crippen LogP) is 0.661. The normalized spacial score (nSPS) is 10.4. The lowest BCUT2D eigenvalue weighted by molar-refractivity contribution is 0.289. The molecule has 0 saturated heterocycles. The molecule has 9 heteroatoms. The average molecular weight is 217 g/mol. The molecule has 0 aliphatic rings. The van der Waals surface area contributed by atoms with Gasteiger partial charge in [-0.05, 0) is 0 Å². The van der Waals surface area contributed by atoms with Crippen LogP contribution in [0.25, 0.3) is 0 Å². The number of hydrogen-bond acceptors (Lipinski definition) is 4. The van der Waals surface area contributed by atoms with Crippen molar-refractivity contribution in [3.05, 3.63) is 11.9 Å². The van der Waals surface area contributed by atoms with Gasteiger partial charge in [-0.25, -0.2) is 13.4 Å². The molecule has 74 valence electrons. The highest BCUT2D eigenvalue weighted by atomic mass is 32.2. The summed E-state index contributed by atoms with van der Waals surface area (Å²) >= 11 is 0. The minimum Gasteiger partial charge on any atom is -0.244 e. The van der Waals surface area contributed by atoms with Crippen molar-refractivity contribution in [2.75, 3.05) is 6.61 Å². The van der Waals surface area contributed by atoms with Crippen LogP contribution in [0.4, 0.5) is 13.2 Å². The van der Waals surface area contributed by atoms with Crippen LogP contribution >= 0.6 is 0 Å². The van der Waals surface area contributed by atoms with Crippen LogP contribution in [0.3, 0.4) is 0 Å². The first-order chi connectivity index (χ1) is 5.89. The molecule has 0 N–H and O–H groups in total. The Morgan fingerprint density at radius 3 is 2.31 bits per heavy atom. The van der Waals surface area contributed by atoms with E-state index in [-0.39, 0.29) is 0 Å². The Morgan fingerprint density at radius 1 is 1.38 bits per heavy atom. The number of nitrogens with zero attached hydrogens (tertiary/aromatic N) is 1. The zero-order chi connectivity index (χ0) is 10.5. The molecule has 0 bridgehead atoms.